The highest BCUT2D eigenvalue weighted by Gasteiger charge is 2.17. The Kier molecular flexibility index (Phi) is 3.86. The zero-order valence-electron chi connectivity index (χ0n) is 14.7. The van der Waals surface area contributed by atoms with Crippen LogP contribution in [0.5, 0.6) is 0 Å². The molecule has 0 saturated heterocycles. The Hall–Kier alpha value is -3.20. The van der Waals surface area contributed by atoms with Crippen molar-refractivity contribution in [2.24, 2.45) is 7.05 Å². The molecule has 8 nitrogen and oxygen atoms in total. The van der Waals surface area contributed by atoms with Crippen LogP contribution in [-0.2, 0) is 7.05 Å². The summed E-state index contributed by atoms with van der Waals surface area (Å²) in [6.07, 6.45) is 14.5. The molecule has 5 heterocycles. The number of fused-ring (bicyclic) bond motifs is 1. The first-order chi connectivity index (χ1) is 13.3. The van der Waals surface area contributed by atoms with Gasteiger partial charge in [0.15, 0.2) is 11.5 Å². The average molecular weight is 378 g/mol. The highest BCUT2D eigenvalue weighted by atomic mass is 32.1. The Morgan fingerprint density at radius 2 is 2.26 bits per heavy atom. The fraction of sp³-hybridized carbons (Fsp3) is 0.222. The summed E-state index contributed by atoms with van der Waals surface area (Å²) in [6, 6.07) is 2.10. The molecule has 0 radical (unpaired) electrons. The maximum atomic E-state index is 4.61. The van der Waals surface area contributed by atoms with E-state index in [0.29, 0.717) is 11.7 Å². The molecule has 136 valence electrons. The summed E-state index contributed by atoms with van der Waals surface area (Å²) in [7, 11) is 1.90. The van der Waals surface area contributed by atoms with Crippen molar-refractivity contribution in [3.63, 3.8) is 0 Å². The molecule has 0 fully saturated rings. The van der Waals surface area contributed by atoms with Gasteiger partial charge in [-0.05, 0) is 30.2 Å². The lowest BCUT2D eigenvalue weighted by Gasteiger charge is -2.16. The van der Waals surface area contributed by atoms with E-state index in [1.165, 1.54) is 11.5 Å². The normalized spacial score (nSPS) is 16.6. The fourth-order valence-corrected chi connectivity index (χ4v) is 3.99. The number of allylic oxidation sites excluding steroid dienone is 1. The number of nitrogens with one attached hydrogen (secondary N) is 2. The van der Waals surface area contributed by atoms with Gasteiger partial charge in [-0.2, -0.15) is 9.47 Å². The van der Waals surface area contributed by atoms with E-state index in [1.807, 2.05) is 42.4 Å². The van der Waals surface area contributed by atoms with Crippen LogP contribution in [0.25, 0.3) is 16.9 Å². The van der Waals surface area contributed by atoms with E-state index in [1.54, 1.807) is 10.9 Å². The van der Waals surface area contributed by atoms with E-state index in [2.05, 4.69) is 42.2 Å². The van der Waals surface area contributed by atoms with Crippen LogP contribution < -0.4 is 10.6 Å². The molecule has 4 aromatic heterocycles. The van der Waals surface area contributed by atoms with E-state index >= 15 is 0 Å². The van der Waals surface area contributed by atoms with Crippen LogP contribution in [0.3, 0.4) is 0 Å². The van der Waals surface area contributed by atoms with Gasteiger partial charge in [0.2, 0.25) is 0 Å². The Morgan fingerprint density at radius 1 is 1.30 bits per heavy atom. The first-order valence-corrected chi connectivity index (χ1v) is 9.48. The molecule has 27 heavy (non-hydrogen) atoms. The monoisotopic (exact) mass is 378 g/mol. The van der Waals surface area contributed by atoms with Gasteiger partial charge in [-0.3, -0.25) is 9.08 Å². The quantitative estimate of drug-likeness (QED) is 0.568. The molecule has 4 aromatic rings. The first-order valence-electron chi connectivity index (χ1n) is 8.71. The second kappa shape index (κ2) is 6.51. The van der Waals surface area contributed by atoms with Crippen molar-refractivity contribution >= 4 is 28.0 Å². The van der Waals surface area contributed by atoms with Gasteiger partial charge >= 0.3 is 0 Å². The van der Waals surface area contributed by atoms with E-state index in [0.717, 1.165) is 40.6 Å². The van der Waals surface area contributed by atoms with Gasteiger partial charge in [0.1, 0.15) is 5.00 Å². The number of nitrogens with zero attached hydrogens (tertiary/aromatic N) is 6. The molecule has 9 heteroatoms. The summed E-state index contributed by atoms with van der Waals surface area (Å²) in [5.41, 5.74) is 3.87. The Bertz CT molecular complexity index is 1120. The maximum absolute atomic E-state index is 4.61. The molecule has 0 aliphatic carbocycles. The summed E-state index contributed by atoms with van der Waals surface area (Å²) in [6.45, 7) is 0.919. The van der Waals surface area contributed by atoms with Gasteiger partial charge in [0.25, 0.3) is 0 Å². The van der Waals surface area contributed by atoms with Crippen molar-refractivity contribution < 1.29 is 0 Å². The summed E-state index contributed by atoms with van der Waals surface area (Å²) >= 11 is 1.45. The average Bonchev–Trinajstić information content (AvgIpc) is 3.42. The van der Waals surface area contributed by atoms with Gasteiger partial charge in [-0.25, -0.2) is 9.97 Å². The summed E-state index contributed by atoms with van der Waals surface area (Å²) in [5, 5.41) is 11.9. The topological polar surface area (TPSA) is 85.0 Å². The van der Waals surface area contributed by atoms with Crippen LogP contribution in [-0.4, -0.2) is 35.1 Å². The van der Waals surface area contributed by atoms with Gasteiger partial charge in [-0.15, -0.1) is 0 Å². The van der Waals surface area contributed by atoms with Crippen molar-refractivity contribution in [3.05, 3.63) is 55.0 Å². The lowest BCUT2D eigenvalue weighted by atomic mass is 10.00. The minimum absolute atomic E-state index is 0.411. The molecule has 0 amide bonds. The maximum Gasteiger partial charge on any atom is 0.180 e. The predicted octanol–water partition coefficient (Wildman–Crippen LogP) is 2.92. The van der Waals surface area contributed by atoms with Crippen molar-refractivity contribution in [3.8, 4) is 11.3 Å². The van der Waals surface area contributed by atoms with Crippen LogP contribution in [0.15, 0.2) is 49.3 Å². The first kappa shape index (κ1) is 16.0. The summed E-state index contributed by atoms with van der Waals surface area (Å²) in [5.74, 6) is 1.12. The molecule has 0 aromatic carbocycles. The van der Waals surface area contributed by atoms with Crippen LogP contribution >= 0.6 is 11.5 Å². The Morgan fingerprint density at radius 3 is 3.07 bits per heavy atom. The predicted molar refractivity (Wildman–Crippen MR) is 105 cm³/mol. The molecule has 1 aliphatic heterocycles. The minimum atomic E-state index is 0.411. The third-order valence-corrected chi connectivity index (χ3v) is 5.36. The zero-order chi connectivity index (χ0) is 18.2. The fourth-order valence-electron chi connectivity index (χ4n) is 3.27. The Labute approximate surface area is 159 Å². The van der Waals surface area contributed by atoms with Crippen LogP contribution in [0.1, 0.15) is 18.0 Å². The third kappa shape index (κ3) is 2.95. The Balaban J connectivity index is 1.45. The standard InChI is InChI=1S/C18H18N8S/c1-25-11-13(9-22-25)15-10-21-18-17(20-5-6-26(15)18)23-16-7-14(24-27-16)12-3-2-4-19-8-12/h2,4-7,9-12,19H,3,8H2,1H3,(H,20,23)/t12-/m1/s1. The van der Waals surface area contributed by atoms with E-state index in [9.17, 15) is 0 Å². The van der Waals surface area contributed by atoms with Crippen LogP contribution in [0, 0.1) is 0 Å². The minimum Gasteiger partial charge on any atom is -0.390 e. The largest absolute Gasteiger partial charge is 0.390 e. The van der Waals surface area contributed by atoms with Crippen LogP contribution in [0.2, 0.25) is 0 Å². The highest BCUT2D eigenvalue weighted by Crippen LogP contribution is 2.30. The highest BCUT2D eigenvalue weighted by molar-refractivity contribution is 7.10. The van der Waals surface area contributed by atoms with Gasteiger partial charge in [-0.1, -0.05) is 6.08 Å². The van der Waals surface area contributed by atoms with E-state index < -0.39 is 0 Å². The van der Waals surface area contributed by atoms with Gasteiger partial charge < -0.3 is 10.6 Å². The second-order valence-corrected chi connectivity index (χ2v) is 7.30. The number of aromatic nitrogens is 6. The molecular formula is C18H18N8S. The molecule has 0 spiro atoms. The third-order valence-electron chi connectivity index (χ3n) is 4.64. The molecule has 0 bridgehead atoms. The smallest absolute Gasteiger partial charge is 0.180 e. The molecule has 0 unspecified atom stereocenters. The molecule has 5 rings (SSSR count). The van der Waals surface area contributed by atoms with Gasteiger partial charge in [0, 0.05) is 43.7 Å². The lowest BCUT2D eigenvalue weighted by Crippen LogP contribution is -2.19. The molecule has 2 N–H and O–H groups in total. The van der Waals surface area contributed by atoms with E-state index in [-0.39, 0.29) is 0 Å². The van der Waals surface area contributed by atoms with Crippen molar-refractivity contribution in [1.82, 2.24) is 33.8 Å². The summed E-state index contributed by atoms with van der Waals surface area (Å²) < 4.78 is 8.41. The van der Waals surface area contributed by atoms with E-state index in [4.69, 9.17) is 0 Å². The number of hydrogen-bond acceptors (Lipinski definition) is 7. The molecule has 0 saturated carbocycles. The number of anilines is 2. The van der Waals surface area contributed by atoms with Crippen molar-refractivity contribution in [2.75, 3.05) is 11.9 Å². The van der Waals surface area contributed by atoms with Crippen molar-refractivity contribution in [2.45, 2.75) is 12.3 Å². The number of hydrogen-bond donors (Lipinski definition) is 2. The number of imidazole rings is 1. The zero-order valence-corrected chi connectivity index (χ0v) is 15.5. The molecular weight excluding hydrogens is 360 g/mol. The van der Waals surface area contributed by atoms with Crippen LogP contribution in [0.4, 0.5) is 10.8 Å². The second-order valence-electron chi connectivity index (χ2n) is 6.50. The number of aryl methyl sites for hydroxylation is 1. The number of rotatable bonds is 4. The van der Waals surface area contributed by atoms with Gasteiger partial charge in [0.05, 0.1) is 23.8 Å². The SMILES string of the molecule is Cn1cc(-c2cnc3c(Nc4cc([C@@H]5CC=CNC5)ns4)nccn23)cn1. The lowest BCUT2D eigenvalue weighted by molar-refractivity contribution is 0.616. The van der Waals surface area contributed by atoms with Crippen molar-refractivity contribution in [1.29, 1.82) is 0 Å². The summed E-state index contributed by atoms with van der Waals surface area (Å²) in [4.78, 5) is 9.04. The molecule has 1 aliphatic rings. The molecule has 1 atom stereocenters.